The molecule has 2 aromatic carbocycles. The van der Waals surface area contributed by atoms with Crippen LogP contribution in [0.1, 0.15) is 48.8 Å². The van der Waals surface area contributed by atoms with Crippen molar-refractivity contribution in [3.05, 3.63) is 71.7 Å². The molecule has 3 rings (SSSR count). The normalized spacial score (nSPS) is 11.8. The number of halogens is 1. The Labute approximate surface area is 163 Å². The molecule has 0 saturated carbocycles. The number of amides is 1. The van der Waals surface area contributed by atoms with Crippen molar-refractivity contribution in [2.24, 2.45) is 0 Å². The minimum Gasteiger partial charge on any atom is -0.494 e. The first-order chi connectivity index (χ1) is 13.6. The van der Waals surface area contributed by atoms with E-state index in [9.17, 15) is 9.18 Å². The number of aromatic nitrogens is 2. The predicted octanol–water partition coefficient (Wildman–Crippen LogP) is 4.89. The average molecular weight is 381 g/mol. The Bertz CT molecular complexity index is 904. The van der Waals surface area contributed by atoms with Gasteiger partial charge in [-0.3, -0.25) is 9.89 Å². The maximum atomic E-state index is 13.0. The standard InChI is InChI=1S/C22H24FN3O2/c1-3-4-13-28-19-11-7-17(8-12-19)20-14-21(26-25-20)22(27)24-15(2)16-5-9-18(23)10-6-16/h5-12,14-15H,3-4,13H2,1-2H3,(H,24,27)(H,25,26)/t15-/m1/s1. The zero-order valence-corrected chi connectivity index (χ0v) is 16.0. The van der Waals surface area contributed by atoms with E-state index in [2.05, 4.69) is 22.4 Å². The number of carbonyl (C=O) groups excluding carboxylic acids is 1. The van der Waals surface area contributed by atoms with Crippen LogP contribution in [0.2, 0.25) is 0 Å². The molecule has 0 fully saturated rings. The van der Waals surface area contributed by atoms with Crippen molar-refractivity contribution in [1.82, 2.24) is 15.5 Å². The van der Waals surface area contributed by atoms with Gasteiger partial charge in [0.15, 0.2) is 0 Å². The van der Waals surface area contributed by atoms with Crippen molar-refractivity contribution in [2.75, 3.05) is 6.61 Å². The van der Waals surface area contributed by atoms with E-state index >= 15 is 0 Å². The van der Waals surface area contributed by atoms with Crippen molar-refractivity contribution >= 4 is 5.91 Å². The van der Waals surface area contributed by atoms with Gasteiger partial charge in [0.05, 0.1) is 18.3 Å². The molecule has 1 heterocycles. The Morgan fingerprint density at radius 2 is 1.89 bits per heavy atom. The highest BCUT2D eigenvalue weighted by Crippen LogP contribution is 2.22. The number of hydrogen-bond acceptors (Lipinski definition) is 3. The molecular weight excluding hydrogens is 357 g/mol. The predicted molar refractivity (Wildman–Crippen MR) is 107 cm³/mol. The Morgan fingerprint density at radius 1 is 1.18 bits per heavy atom. The van der Waals surface area contributed by atoms with Gasteiger partial charge in [0.25, 0.3) is 5.91 Å². The van der Waals surface area contributed by atoms with Crippen LogP contribution in [0.25, 0.3) is 11.3 Å². The molecule has 6 heteroatoms. The van der Waals surface area contributed by atoms with Crippen molar-refractivity contribution < 1.29 is 13.9 Å². The summed E-state index contributed by atoms with van der Waals surface area (Å²) in [5.41, 5.74) is 2.77. The van der Waals surface area contributed by atoms with Gasteiger partial charge in [-0.25, -0.2) is 4.39 Å². The van der Waals surface area contributed by atoms with Gasteiger partial charge in [-0.2, -0.15) is 5.10 Å². The summed E-state index contributed by atoms with van der Waals surface area (Å²) in [6.07, 6.45) is 2.12. The number of carbonyl (C=O) groups is 1. The molecule has 146 valence electrons. The van der Waals surface area contributed by atoms with Crippen LogP contribution >= 0.6 is 0 Å². The van der Waals surface area contributed by atoms with Crippen molar-refractivity contribution in [1.29, 1.82) is 0 Å². The van der Waals surface area contributed by atoms with Gasteiger partial charge in [-0.15, -0.1) is 0 Å². The minimum absolute atomic E-state index is 0.251. The Hall–Kier alpha value is -3.15. The fourth-order valence-corrected chi connectivity index (χ4v) is 2.75. The fraction of sp³-hybridized carbons (Fsp3) is 0.273. The second-order valence-corrected chi connectivity index (χ2v) is 6.64. The summed E-state index contributed by atoms with van der Waals surface area (Å²) in [7, 11) is 0. The van der Waals surface area contributed by atoms with E-state index in [0.29, 0.717) is 18.0 Å². The van der Waals surface area contributed by atoms with Gasteiger partial charge >= 0.3 is 0 Å². The number of ether oxygens (including phenoxy) is 1. The molecule has 5 nitrogen and oxygen atoms in total. The molecule has 0 saturated heterocycles. The molecule has 0 radical (unpaired) electrons. The highest BCUT2D eigenvalue weighted by Gasteiger charge is 2.15. The third-order valence-corrected chi connectivity index (χ3v) is 4.46. The Morgan fingerprint density at radius 3 is 2.57 bits per heavy atom. The van der Waals surface area contributed by atoms with E-state index in [0.717, 1.165) is 29.7 Å². The summed E-state index contributed by atoms with van der Waals surface area (Å²) >= 11 is 0. The van der Waals surface area contributed by atoms with Crippen LogP contribution in [0, 0.1) is 5.82 Å². The highest BCUT2D eigenvalue weighted by atomic mass is 19.1. The molecule has 3 aromatic rings. The fourth-order valence-electron chi connectivity index (χ4n) is 2.75. The SMILES string of the molecule is CCCCOc1ccc(-c2cc(C(=O)N[C@H](C)c3ccc(F)cc3)[nH]n2)cc1. The average Bonchev–Trinajstić information content (AvgIpc) is 3.19. The lowest BCUT2D eigenvalue weighted by Crippen LogP contribution is -2.26. The van der Waals surface area contributed by atoms with E-state index in [-0.39, 0.29) is 17.8 Å². The number of nitrogens with one attached hydrogen (secondary N) is 2. The van der Waals surface area contributed by atoms with E-state index in [1.54, 1.807) is 18.2 Å². The zero-order chi connectivity index (χ0) is 19.9. The molecule has 1 aromatic heterocycles. The number of unbranched alkanes of at least 4 members (excludes halogenated alkanes) is 1. The first-order valence-electron chi connectivity index (χ1n) is 9.42. The van der Waals surface area contributed by atoms with Crippen LogP contribution in [0.5, 0.6) is 5.75 Å². The van der Waals surface area contributed by atoms with Gasteiger partial charge in [0.2, 0.25) is 0 Å². The maximum absolute atomic E-state index is 13.0. The molecule has 0 aliphatic rings. The van der Waals surface area contributed by atoms with E-state index in [1.165, 1.54) is 12.1 Å². The molecule has 0 aliphatic carbocycles. The van der Waals surface area contributed by atoms with E-state index < -0.39 is 0 Å². The second kappa shape index (κ2) is 9.17. The highest BCUT2D eigenvalue weighted by molar-refractivity contribution is 5.93. The van der Waals surface area contributed by atoms with Crippen LogP contribution in [-0.2, 0) is 0 Å². The van der Waals surface area contributed by atoms with Crippen LogP contribution < -0.4 is 10.1 Å². The van der Waals surface area contributed by atoms with E-state index in [4.69, 9.17) is 4.74 Å². The molecule has 0 spiro atoms. The van der Waals surface area contributed by atoms with Crippen molar-refractivity contribution in [3.8, 4) is 17.0 Å². The van der Waals surface area contributed by atoms with Gasteiger partial charge in [0, 0.05) is 5.56 Å². The van der Waals surface area contributed by atoms with E-state index in [1.807, 2.05) is 31.2 Å². The molecule has 0 aliphatic heterocycles. The van der Waals surface area contributed by atoms with Gasteiger partial charge in [0.1, 0.15) is 17.3 Å². The number of aromatic amines is 1. The number of rotatable bonds is 8. The third-order valence-electron chi connectivity index (χ3n) is 4.46. The molecule has 1 amide bonds. The smallest absolute Gasteiger partial charge is 0.269 e. The molecule has 0 bridgehead atoms. The molecule has 2 N–H and O–H groups in total. The number of hydrogen-bond donors (Lipinski definition) is 2. The van der Waals surface area contributed by atoms with Crippen LogP contribution in [0.3, 0.4) is 0 Å². The van der Waals surface area contributed by atoms with Crippen molar-refractivity contribution in [3.63, 3.8) is 0 Å². The van der Waals surface area contributed by atoms with Crippen LogP contribution in [-0.4, -0.2) is 22.7 Å². The van der Waals surface area contributed by atoms with Gasteiger partial charge < -0.3 is 10.1 Å². The lowest BCUT2D eigenvalue weighted by Gasteiger charge is -2.13. The minimum atomic E-state index is -0.303. The first-order valence-corrected chi connectivity index (χ1v) is 9.42. The first kappa shape index (κ1) is 19.6. The largest absolute Gasteiger partial charge is 0.494 e. The lowest BCUT2D eigenvalue weighted by molar-refractivity contribution is 0.0935. The summed E-state index contributed by atoms with van der Waals surface area (Å²) < 4.78 is 18.7. The quantitative estimate of drug-likeness (QED) is 0.546. The lowest BCUT2D eigenvalue weighted by atomic mass is 10.1. The van der Waals surface area contributed by atoms with Crippen LogP contribution in [0.15, 0.2) is 54.6 Å². The Kier molecular flexibility index (Phi) is 6.42. The topological polar surface area (TPSA) is 67.0 Å². The monoisotopic (exact) mass is 381 g/mol. The zero-order valence-electron chi connectivity index (χ0n) is 16.0. The Balaban J connectivity index is 1.62. The number of benzene rings is 2. The summed E-state index contributed by atoms with van der Waals surface area (Å²) in [5.74, 6) is 0.246. The second-order valence-electron chi connectivity index (χ2n) is 6.64. The molecule has 28 heavy (non-hydrogen) atoms. The molecular formula is C22H24FN3O2. The maximum Gasteiger partial charge on any atom is 0.269 e. The van der Waals surface area contributed by atoms with Gasteiger partial charge in [-0.1, -0.05) is 25.5 Å². The summed E-state index contributed by atoms with van der Waals surface area (Å²) in [4.78, 5) is 12.5. The summed E-state index contributed by atoms with van der Waals surface area (Å²) in [6.45, 7) is 4.67. The molecule has 1 atom stereocenters. The summed E-state index contributed by atoms with van der Waals surface area (Å²) in [5, 5.41) is 9.88. The van der Waals surface area contributed by atoms with Crippen LogP contribution in [0.4, 0.5) is 4.39 Å². The number of H-pyrrole nitrogens is 1. The molecule has 0 unspecified atom stereocenters. The number of nitrogens with zero attached hydrogens (tertiary/aromatic N) is 1. The van der Waals surface area contributed by atoms with Gasteiger partial charge in [-0.05, 0) is 61.4 Å². The van der Waals surface area contributed by atoms with Crippen molar-refractivity contribution in [2.45, 2.75) is 32.7 Å². The summed E-state index contributed by atoms with van der Waals surface area (Å²) in [6, 6.07) is 15.2. The third kappa shape index (κ3) is 4.97.